The fourth-order valence-corrected chi connectivity index (χ4v) is 14.5. The Morgan fingerprint density at radius 1 is 0.205 bits per heavy atom. The predicted molar refractivity (Wildman–Crippen MR) is 338 cm³/mol. The average molecular weight is 1060 g/mol. The minimum absolute atomic E-state index is 0.542. The summed E-state index contributed by atoms with van der Waals surface area (Å²) in [6.07, 6.45) is 0. The minimum atomic E-state index is -0.544. The molecular formula is C80H51NO2. The summed E-state index contributed by atoms with van der Waals surface area (Å²) in [6, 6.07) is 113. The van der Waals surface area contributed by atoms with Crippen molar-refractivity contribution >= 4 is 17.1 Å². The molecule has 83 heavy (non-hydrogen) atoms. The fourth-order valence-electron chi connectivity index (χ4n) is 14.5. The molecule has 0 N–H and O–H groups in total. The van der Waals surface area contributed by atoms with Gasteiger partial charge >= 0.3 is 0 Å². The molecule has 0 saturated heterocycles. The van der Waals surface area contributed by atoms with Crippen molar-refractivity contribution < 1.29 is 9.47 Å². The normalized spacial score (nSPS) is 13.7. The Kier molecular flexibility index (Phi) is 10.4. The third-order valence-electron chi connectivity index (χ3n) is 18.0. The Labute approximate surface area is 483 Å². The number of hydrogen-bond donors (Lipinski definition) is 0. The van der Waals surface area contributed by atoms with Gasteiger partial charge in [0.1, 0.15) is 23.0 Å². The molecule has 0 saturated carbocycles. The van der Waals surface area contributed by atoms with Gasteiger partial charge in [0.2, 0.25) is 0 Å². The molecule has 388 valence electrons. The van der Waals surface area contributed by atoms with Crippen LogP contribution in [0.15, 0.2) is 309 Å². The molecule has 2 spiro atoms. The van der Waals surface area contributed by atoms with Crippen molar-refractivity contribution in [3.8, 4) is 89.8 Å². The molecule has 0 radical (unpaired) electrons. The lowest BCUT2D eigenvalue weighted by atomic mass is 9.66. The zero-order valence-electron chi connectivity index (χ0n) is 45.2. The second-order valence-corrected chi connectivity index (χ2v) is 22.2. The van der Waals surface area contributed by atoms with E-state index >= 15 is 0 Å². The van der Waals surface area contributed by atoms with Gasteiger partial charge in [-0.25, -0.2) is 0 Å². The Hall–Kier alpha value is -10.7. The molecule has 3 nitrogen and oxygen atoms in total. The van der Waals surface area contributed by atoms with Crippen LogP contribution in [-0.4, -0.2) is 0 Å². The number of ether oxygens (including phenoxy) is 2. The van der Waals surface area contributed by atoms with Crippen LogP contribution in [0.3, 0.4) is 0 Å². The summed E-state index contributed by atoms with van der Waals surface area (Å²) in [5.74, 6) is 3.57. The van der Waals surface area contributed by atoms with Gasteiger partial charge in [-0.1, -0.05) is 237 Å². The van der Waals surface area contributed by atoms with Gasteiger partial charge in [0.15, 0.2) is 0 Å². The van der Waals surface area contributed by atoms with Crippen LogP contribution in [0.4, 0.5) is 17.1 Å². The Morgan fingerprint density at radius 2 is 0.542 bits per heavy atom. The maximum absolute atomic E-state index is 6.66. The summed E-state index contributed by atoms with van der Waals surface area (Å²) in [5.41, 5.74) is 26.3. The van der Waals surface area contributed by atoms with E-state index in [2.05, 4.69) is 314 Å². The zero-order chi connectivity index (χ0) is 54.6. The van der Waals surface area contributed by atoms with E-state index in [4.69, 9.17) is 9.47 Å². The van der Waals surface area contributed by atoms with E-state index in [1.54, 1.807) is 0 Å². The first-order valence-corrected chi connectivity index (χ1v) is 28.6. The van der Waals surface area contributed by atoms with Crippen molar-refractivity contribution in [2.24, 2.45) is 0 Å². The van der Waals surface area contributed by atoms with E-state index in [9.17, 15) is 0 Å². The Morgan fingerprint density at radius 3 is 1.07 bits per heavy atom. The summed E-state index contributed by atoms with van der Waals surface area (Å²) < 4.78 is 13.3. The van der Waals surface area contributed by atoms with Crippen molar-refractivity contribution in [2.45, 2.75) is 10.8 Å². The van der Waals surface area contributed by atoms with Gasteiger partial charge in [0.05, 0.1) is 10.8 Å². The number of fused-ring (bicyclic) bond motifs is 18. The highest BCUT2D eigenvalue weighted by Crippen LogP contribution is 2.65. The number of nitrogens with zero attached hydrogens (tertiary/aromatic N) is 1. The molecule has 0 fully saturated rings. The highest BCUT2D eigenvalue weighted by atomic mass is 16.5. The number of para-hydroxylation sites is 4. The molecule has 0 bridgehead atoms. The van der Waals surface area contributed by atoms with Gasteiger partial charge in [-0.2, -0.15) is 0 Å². The molecule has 0 amide bonds. The van der Waals surface area contributed by atoms with Crippen molar-refractivity contribution in [2.75, 3.05) is 4.90 Å². The van der Waals surface area contributed by atoms with Crippen molar-refractivity contribution in [1.29, 1.82) is 0 Å². The topological polar surface area (TPSA) is 21.7 Å². The van der Waals surface area contributed by atoms with Crippen LogP contribution in [0, 0.1) is 0 Å². The summed E-state index contributed by atoms with van der Waals surface area (Å²) in [6.45, 7) is 0. The molecule has 2 aliphatic carbocycles. The second kappa shape index (κ2) is 18.4. The van der Waals surface area contributed by atoms with Crippen LogP contribution >= 0.6 is 0 Å². The third-order valence-corrected chi connectivity index (χ3v) is 18.0. The van der Waals surface area contributed by atoms with E-state index in [1.165, 1.54) is 66.8 Å². The molecule has 2 aliphatic heterocycles. The van der Waals surface area contributed by atoms with Crippen molar-refractivity contribution in [1.82, 2.24) is 0 Å². The number of anilines is 3. The van der Waals surface area contributed by atoms with Crippen molar-refractivity contribution in [3.05, 3.63) is 354 Å². The van der Waals surface area contributed by atoms with E-state index < -0.39 is 10.8 Å². The van der Waals surface area contributed by atoms with Crippen LogP contribution in [0.5, 0.6) is 23.0 Å². The van der Waals surface area contributed by atoms with E-state index in [1.807, 2.05) is 0 Å². The molecule has 3 heteroatoms. The summed E-state index contributed by atoms with van der Waals surface area (Å²) in [4.78, 5) is 2.39. The molecule has 0 atom stereocenters. The number of rotatable bonds is 7. The molecule has 0 aromatic heterocycles. The van der Waals surface area contributed by atoms with Crippen LogP contribution in [0.25, 0.3) is 66.8 Å². The van der Waals surface area contributed by atoms with E-state index in [0.29, 0.717) is 0 Å². The van der Waals surface area contributed by atoms with Gasteiger partial charge in [0, 0.05) is 39.3 Å². The quantitative estimate of drug-likeness (QED) is 0.159. The standard InChI is InChI=1S/C80H51NO2/c1-2-18-52(19-3-1)56-20-16-21-57(50-56)53-36-43-59(44-37-53)81(60-45-38-54(39-46-60)58-42-49-64-63-22-4-6-25-66(63)80(73(64)51-58)70-29-10-14-34-76(70)83-77-35-15-11-30-71(77)80)61-47-40-55(41-48-61)62-24-17-31-72-78(62)65-23-5-7-26-67(65)79(72)68-27-8-12-32-74(68)82-75-33-13-9-28-69(75)79/h1-51H. The first-order chi connectivity index (χ1) is 41.1. The molecule has 17 rings (SSSR count). The SMILES string of the molecule is c1ccc(-c2cccc(-c3ccc(N(c4ccc(-c5ccc6c(c5)C5(c7ccccc7Oc7ccccc75)c5ccccc5-6)cc4)c4ccc(-c5cccc6c5-c5ccccc5C65c6ccccc6Oc6ccccc65)cc4)cc3)c2)cc1. The number of benzene rings is 13. The molecule has 2 heterocycles. The predicted octanol–water partition coefficient (Wildman–Crippen LogP) is 20.8. The summed E-state index contributed by atoms with van der Waals surface area (Å²) in [5, 5.41) is 0. The highest BCUT2D eigenvalue weighted by Gasteiger charge is 2.53. The highest BCUT2D eigenvalue weighted by molar-refractivity contribution is 5.97. The Balaban J connectivity index is 0.781. The smallest absolute Gasteiger partial charge is 0.132 e. The van der Waals surface area contributed by atoms with E-state index in [-0.39, 0.29) is 0 Å². The molecule has 13 aromatic rings. The van der Waals surface area contributed by atoms with Crippen LogP contribution < -0.4 is 14.4 Å². The zero-order valence-corrected chi connectivity index (χ0v) is 45.2. The van der Waals surface area contributed by atoms with Crippen LogP contribution in [0.1, 0.15) is 44.5 Å². The Bertz CT molecular complexity index is 4640. The van der Waals surface area contributed by atoms with Crippen LogP contribution in [0.2, 0.25) is 0 Å². The molecule has 0 unspecified atom stereocenters. The van der Waals surface area contributed by atoms with Crippen molar-refractivity contribution in [3.63, 3.8) is 0 Å². The lowest BCUT2D eigenvalue weighted by molar-refractivity contribution is 0.436. The van der Waals surface area contributed by atoms with Gasteiger partial charge in [0.25, 0.3) is 0 Å². The first kappa shape index (κ1) is 47.1. The molecule has 4 aliphatic rings. The molecular weight excluding hydrogens is 1010 g/mol. The van der Waals surface area contributed by atoms with Gasteiger partial charge in [-0.3, -0.25) is 0 Å². The second-order valence-electron chi connectivity index (χ2n) is 22.2. The maximum Gasteiger partial charge on any atom is 0.132 e. The monoisotopic (exact) mass is 1060 g/mol. The van der Waals surface area contributed by atoms with Crippen LogP contribution in [-0.2, 0) is 10.8 Å². The first-order valence-electron chi connectivity index (χ1n) is 28.6. The third kappa shape index (κ3) is 6.92. The fraction of sp³-hybridized carbons (Fsp3) is 0.0250. The largest absolute Gasteiger partial charge is 0.457 e. The van der Waals surface area contributed by atoms with Gasteiger partial charge in [-0.15, -0.1) is 0 Å². The van der Waals surface area contributed by atoms with Gasteiger partial charge < -0.3 is 14.4 Å². The maximum atomic E-state index is 6.66. The summed E-state index contributed by atoms with van der Waals surface area (Å²) in [7, 11) is 0. The van der Waals surface area contributed by atoms with E-state index in [0.717, 1.165) is 84.6 Å². The minimum Gasteiger partial charge on any atom is -0.457 e. The summed E-state index contributed by atoms with van der Waals surface area (Å²) >= 11 is 0. The number of hydrogen-bond acceptors (Lipinski definition) is 3. The van der Waals surface area contributed by atoms with Gasteiger partial charge in [-0.05, 0) is 162 Å². The lowest BCUT2D eigenvalue weighted by Crippen LogP contribution is -2.32. The average Bonchev–Trinajstić information content (AvgIpc) is 2.85. The lowest BCUT2D eigenvalue weighted by Gasteiger charge is -2.39. The molecule has 13 aromatic carbocycles.